The van der Waals surface area contributed by atoms with E-state index < -0.39 is 0 Å². The van der Waals surface area contributed by atoms with E-state index in [0.29, 0.717) is 0 Å². The number of nitrogens with zero attached hydrogens (tertiary/aromatic N) is 3. The maximum atomic E-state index is 4.46. The molecule has 0 unspecified atom stereocenters. The highest BCUT2D eigenvalue weighted by Gasteiger charge is 2.01. The van der Waals surface area contributed by atoms with Crippen LogP contribution in [0.3, 0.4) is 0 Å². The van der Waals surface area contributed by atoms with E-state index in [1.54, 1.807) is 18.4 Å². The van der Waals surface area contributed by atoms with Crippen LogP contribution in [0.1, 0.15) is 16.3 Å². The van der Waals surface area contributed by atoms with Crippen LogP contribution in [0.25, 0.3) is 0 Å². The molecule has 1 aromatic heterocycles. The highest BCUT2D eigenvalue weighted by molar-refractivity contribution is 14.0. The number of hydrogen-bond acceptors (Lipinski definition) is 4. The molecule has 0 fully saturated rings. The third-order valence-corrected chi connectivity index (χ3v) is 4.30. The Hall–Kier alpha value is -1.35. The van der Waals surface area contributed by atoms with Crippen molar-refractivity contribution in [3.05, 3.63) is 45.9 Å². The molecule has 5 nitrogen and oxygen atoms in total. The van der Waals surface area contributed by atoms with Gasteiger partial charge in [0.25, 0.3) is 0 Å². The number of anilines is 1. The lowest BCUT2D eigenvalue weighted by molar-refractivity contribution is 0.786. The lowest BCUT2D eigenvalue weighted by atomic mass is 10.2. The lowest BCUT2D eigenvalue weighted by Crippen LogP contribution is -2.37. The van der Waals surface area contributed by atoms with Crippen molar-refractivity contribution in [1.29, 1.82) is 0 Å². The average Bonchev–Trinajstić information content (AvgIpc) is 2.96. The smallest absolute Gasteiger partial charge is 0.191 e. The van der Waals surface area contributed by atoms with Crippen LogP contribution in [0.2, 0.25) is 0 Å². The first-order valence-corrected chi connectivity index (χ1v) is 8.58. The van der Waals surface area contributed by atoms with Crippen molar-refractivity contribution >= 4 is 47.0 Å². The second kappa shape index (κ2) is 10.5. The molecule has 0 aliphatic rings. The van der Waals surface area contributed by atoms with Crippen LogP contribution >= 0.6 is 35.3 Å². The summed E-state index contributed by atoms with van der Waals surface area (Å²) >= 11 is 1.69. The van der Waals surface area contributed by atoms with Crippen molar-refractivity contribution in [2.24, 2.45) is 4.99 Å². The number of aryl methyl sites for hydroxylation is 1. The zero-order valence-electron chi connectivity index (χ0n) is 14.7. The lowest BCUT2D eigenvalue weighted by Gasteiger charge is -2.14. The molecular formula is C17H26IN5S. The van der Waals surface area contributed by atoms with Crippen molar-refractivity contribution in [1.82, 2.24) is 15.6 Å². The van der Waals surface area contributed by atoms with Gasteiger partial charge in [-0.1, -0.05) is 12.1 Å². The van der Waals surface area contributed by atoms with Crippen LogP contribution in [-0.2, 0) is 13.0 Å². The Morgan fingerprint density at radius 2 is 1.92 bits per heavy atom. The molecule has 0 spiro atoms. The second-order valence-electron chi connectivity index (χ2n) is 5.52. The summed E-state index contributed by atoms with van der Waals surface area (Å²) in [7, 11) is 5.88. The molecule has 132 valence electrons. The van der Waals surface area contributed by atoms with Gasteiger partial charge in [-0.25, -0.2) is 4.98 Å². The molecule has 2 rings (SSSR count). The zero-order valence-corrected chi connectivity index (χ0v) is 17.8. The molecule has 2 N–H and O–H groups in total. The first-order chi connectivity index (χ1) is 11.1. The van der Waals surface area contributed by atoms with Crippen LogP contribution in [0, 0.1) is 6.92 Å². The van der Waals surface area contributed by atoms with Gasteiger partial charge in [-0.05, 0) is 24.6 Å². The Morgan fingerprint density at radius 1 is 1.21 bits per heavy atom. The monoisotopic (exact) mass is 459 g/mol. The number of aliphatic imine (C=N–C) groups is 1. The van der Waals surface area contributed by atoms with Gasteiger partial charge in [0.05, 0.1) is 10.7 Å². The molecule has 0 saturated heterocycles. The van der Waals surface area contributed by atoms with E-state index in [1.807, 2.05) is 21.0 Å². The van der Waals surface area contributed by atoms with E-state index in [9.17, 15) is 0 Å². The summed E-state index contributed by atoms with van der Waals surface area (Å²) in [6, 6.07) is 8.51. The summed E-state index contributed by atoms with van der Waals surface area (Å²) in [6.45, 7) is 3.61. The fourth-order valence-corrected chi connectivity index (χ4v) is 2.80. The van der Waals surface area contributed by atoms with E-state index in [1.165, 1.54) is 11.3 Å². The van der Waals surface area contributed by atoms with Gasteiger partial charge in [0.2, 0.25) is 0 Å². The molecule has 0 aliphatic carbocycles. The van der Waals surface area contributed by atoms with Gasteiger partial charge < -0.3 is 15.5 Å². The van der Waals surface area contributed by atoms with Crippen LogP contribution in [0.15, 0.2) is 34.6 Å². The van der Waals surface area contributed by atoms with Crippen molar-refractivity contribution < 1.29 is 0 Å². The van der Waals surface area contributed by atoms with Gasteiger partial charge >= 0.3 is 0 Å². The summed E-state index contributed by atoms with van der Waals surface area (Å²) in [5.41, 5.74) is 3.57. The molecule has 0 amide bonds. The first kappa shape index (κ1) is 20.7. The summed E-state index contributed by atoms with van der Waals surface area (Å²) < 4.78 is 0. The number of halogens is 1. The fourth-order valence-electron chi connectivity index (χ4n) is 2.15. The molecule has 0 aliphatic heterocycles. The third kappa shape index (κ3) is 6.64. The predicted molar refractivity (Wildman–Crippen MR) is 115 cm³/mol. The van der Waals surface area contributed by atoms with E-state index in [0.717, 1.165) is 36.2 Å². The van der Waals surface area contributed by atoms with Crippen LogP contribution in [-0.4, -0.2) is 38.6 Å². The normalized spacial score (nSPS) is 10.9. The van der Waals surface area contributed by atoms with Crippen molar-refractivity contribution in [3.8, 4) is 0 Å². The van der Waals surface area contributed by atoms with Gasteiger partial charge in [0, 0.05) is 51.7 Å². The van der Waals surface area contributed by atoms with Crippen LogP contribution in [0.4, 0.5) is 5.69 Å². The number of thiazole rings is 1. The standard InChI is InChI=1S/C17H25N5S.HI/c1-13-21-15(12-23-13)9-10-19-17(18-2)20-11-14-5-7-16(8-6-14)22(3)4;/h5-8,12H,9-11H2,1-4H3,(H2,18,19,20);1H. The van der Waals surface area contributed by atoms with E-state index in [-0.39, 0.29) is 24.0 Å². The molecule has 24 heavy (non-hydrogen) atoms. The molecule has 1 aromatic carbocycles. The molecule has 2 aromatic rings. The van der Waals surface area contributed by atoms with Gasteiger partial charge in [0.15, 0.2) is 5.96 Å². The summed E-state index contributed by atoms with van der Waals surface area (Å²) in [4.78, 5) is 10.8. The number of rotatable bonds is 6. The summed E-state index contributed by atoms with van der Waals surface area (Å²) in [6.07, 6.45) is 0.905. The Morgan fingerprint density at radius 3 is 2.46 bits per heavy atom. The highest BCUT2D eigenvalue weighted by atomic mass is 127. The van der Waals surface area contributed by atoms with Crippen LogP contribution < -0.4 is 15.5 Å². The van der Waals surface area contributed by atoms with Gasteiger partial charge in [0.1, 0.15) is 0 Å². The number of hydrogen-bond donors (Lipinski definition) is 2. The predicted octanol–water partition coefficient (Wildman–Crippen LogP) is 3.04. The minimum absolute atomic E-state index is 0. The quantitative estimate of drug-likeness (QED) is 0.396. The second-order valence-corrected chi connectivity index (χ2v) is 6.58. The van der Waals surface area contributed by atoms with Gasteiger partial charge in [-0.2, -0.15) is 0 Å². The van der Waals surface area contributed by atoms with E-state index in [2.05, 4.69) is 55.2 Å². The maximum absolute atomic E-state index is 4.46. The number of nitrogens with one attached hydrogen (secondary N) is 2. The number of benzene rings is 1. The SMILES string of the molecule is CN=C(NCCc1csc(C)n1)NCc1ccc(N(C)C)cc1.I. The van der Waals surface area contributed by atoms with Crippen molar-refractivity contribution in [2.75, 3.05) is 32.6 Å². The van der Waals surface area contributed by atoms with Crippen LogP contribution in [0.5, 0.6) is 0 Å². The van der Waals surface area contributed by atoms with Gasteiger partial charge in [-0.3, -0.25) is 4.99 Å². The Balaban J connectivity index is 0.00000288. The molecule has 0 bridgehead atoms. The number of guanidine groups is 1. The topological polar surface area (TPSA) is 52.6 Å². The van der Waals surface area contributed by atoms with E-state index >= 15 is 0 Å². The highest BCUT2D eigenvalue weighted by Crippen LogP contribution is 2.12. The fraction of sp³-hybridized carbons (Fsp3) is 0.412. The first-order valence-electron chi connectivity index (χ1n) is 7.70. The molecule has 1 heterocycles. The Kier molecular flexibility index (Phi) is 9.05. The van der Waals surface area contributed by atoms with Crippen molar-refractivity contribution in [3.63, 3.8) is 0 Å². The Bertz CT molecular complexity index is 637. The minimum atomic E-state index is 0. The molecule has 7 heteroatoms. The third-order valence-electron chi connectivity index (χ3n) is 3.48. The molecule has 0 atom stereocenters. The summed E-state index contributed by atoms with van der Waals surface area (Å²) in [5, 5.41) is 9.88. The maximum Gasteiger partial charge on any atom is 0.191 e. The zero-order chi connectivity index (χ0) is 16.7. The summed E-state index contributed by atoms with van der Waals surface area (Å²) in [5.74, 6) is 0.814. The van der Waals surface area contributed by atoms with Gasteiger partial charge in [-0.15, -0.1) is 35.3 Å². The number of aromatic nitrogens is 1. The average molecular weight is 459 g/mol. The minimum Gasteiger partial charge on any atom is -0.378 e. The largest absolute Gasteiger partial charge is 0.378 e. The van der Waals surface area contributed by atoms with E-state index in [4.69, 9.17) is 0 Å². The molecular weight excluding hydrogens is 433 g/mol. The molecule has 0 saturated carbocycles. The molecule has 0 radical (unpaired) electrons. The van der Waals surface area contributed by atoms with Crippen molar-refractivity contribution in [2.45, 2.75) is 19.9 Å². The Labute approximate surface area is 165 Å².